The molecule has 3 unspecified atom stereocenters. The lowest BCUT2D eigenvalue weighted by Crippen LogP contribution is -2.31. The molecule has 7 heteroatoms. The molecule has 7 nitrogen and oxygen atoms in total. The van der Waals surface area contributed by atoms with Gasteiger partial charge < -0.3 is 24.1 Å². The second kappa shape index (κ2) is 14.5. The van der Waals surface area contributed by atoms with Crippen LogP contribution in [0.4, 0.5) is 9.59 Å². The minimum atomic E-state index is -1.29. The van der Waals surface area contributed by atoms with Crippen LogP contribution >= 0.6 is 0 Å². The van der Waals surface area contributed by atoms with Crippen LogP contribution in [0.1, 0.15) is 78.1 Å². The molecule has 1 N–H and O–H groups in total. The van der Waals surface area contributed by atoms with E-state index in [9.17, 15) is 9.59 Å². The van der Waals surface area contributed by atoms with Gasteiger partial charge in [0.05, 0.1) is 6.61 Å². The quantitative estimate of drug-likeness (QED) is 0.344. The van der Waals surface area contributed by atoms with Crippen molar-refractivity contribution in [2.24, 2.45) is 5.92 Å². The molecule has 0 saturated heterocycles. The molecule has 1 rings (SSSR count). The Morgan fingerprint density at radius 3 is 2.41 bits per heavy atom. The third kappa shape index (κ3) is 11.7. The summed E-state index contributed by atoms with van der Waals surface area (Å²) in [6.07, 6.45) is 6.92. The summed E-state index contributed by atoms with van der Waals surface area (Å²) < 4.78 is 20.7. The molecule has 0 aliphatic heterocycles. The summed E-state index contributed by atoms with van der Waals surface area (Å²) in [6, 6.07) is 0. The van der Waals surface area contributed by atoms with Crippen LogP contribution in [0.3, 0.4) is 0 Å². The molecule has 0 bridgehead atoms. The Morgan fingerprint density at radius 2 is 1.74 bits per heavy atom. The fraction of sp³-hybridized carbons (Fsp3) is 0.900. The Hall–Kier alpha value is -1.50. The van der Waals surface area contributed by atoms with Crippen molar-refractivity contribution in [3.63, 3.8) is 0 Å². The van der Waals surface area contributed by atoms with Crippen molar-refractivity contribution in [2.45, 2.75) is 90.3 Å². The SMILES string of the molecule is CCCCCC(CCC)COCCOC(=O)OC1CCCC(OC(=O)O)C1. The van der Waals surface area contributed by atoms with Crippen LogP contribution in [0.2, 0.25) is 0 Å². The van der Waals surface area contributed by atoms with E-state index < -0.39 is 18.4 Å². The van der Waals surface area contributed by atoms with Crippen molar-refractivity contribution in [1.29, 1.82) is 0 Å². The average Bonchev–Trinajstić information content (AvgIpc) is 2.61. The molecule has 158 valence electrons. The fourth-order valence-corrected chi connectivity index (χ4v) is 3.47. The molecular formula is C20H36O7. The van der Waals surface area contributed by atoms with Crippen LogP contribution in [0.15, 0.2) is 0 Å². The summed E-state index contributed by atoms with van der Waals surface area (Å²) in [5, 5.41) is 8.66. The van der Waals surface area contributed by atoms with E-state index in [1.54, 1.807) is 0 Å². The maximum atomic E-state index is 11.8. The standard InChI is InChI=1S/C20H36O7/c1-3-5-6-9-16(8-4-2)15-24-12-13-25-20(23)27-18-11-7-10-17(14-18)26-19(21)22/h16-18H,3-15H2,1-2H3,(H,21,22). The molecule has 0 radical (unpaired) electrons. The zero-order chi connectivity index (χ0) is 19.9. The van der Waals surface area contributed by atoms with E-state index in [4.69, 9.17) is 24.1 Å². The number of ether oxygens (including phenoxy) is 4. The van der Waals surface area contributed by atoms with Gasteiger partial charge in [0.15, 0.2) is 0 Å². The monoisotopic (exact) mass is 388 g/mol. The van der Waals surface area contributed by atoms with Crippen LogP contribution < -0.4 is 0 Å². The maximum Gasteiger partial charge on any atom is 0.508 e. The molecule has 1 aliphatic rings. The van der Waals surface area contributed by atoms with Gasteiger partial charge in [0, 0.05) is 13.0 Å². The molecule has 0 aromatic rings. The molecule has 1 fully saturated rings. The first-order valence-electron chi connectivity index (χ1n) is 10.4. The number of hydrogen-bond acceptors (Lipinski definition) is 6. The highest BCUT2D eigenvalue weighted by Gasteiger charge is 2.27. The van der Waals surface area contributed by atoms with E-state index in [-0.39, 0.29) is 12.7 Å². The summed E-state index contributed by atoms with van der Waals surface area (Å²) >= 11 is 0. The van der Waals surface area contributed by atoms with Crippen molar-refractivity contribution in [1.82, 2.24) is 0 Å². The Balaban J connectivity index is 2.12. The van der Waals surface area contributed by atoms with Crippen LogP contribution in [-0.2, 0) is 18.9 Å². The van der Waals surface area contributed by atoms with Crippen molar-refractivity contribution >= 4 is 12.3 Å². The van der Waals surface area contributed by atoms with E-state index in [0.29, 0.717) is 38.4 Å². The summed E-state index contributed by atoms with van der Waals surface area (Å²) in [5.41, 5.74) is 0. The lowest BCUT2D eigenvalue weighted by Gasteiger charge is -2.27. The van der Waals surface area contributed by atoms with Gasteiger partial charge in [-0.15, -0.1) is 0 Å². The van der Waals surface area contributed by atoms with Gasteiger partial charge in [0.1, 0.15) is 18.8 Å². The molecular weight excluding hydrogens is 352 g/mol. The molecule has 3 atom stereocenters. The highest BCUT2D eigenvalue weighted by atomic mass is 16.7. The number of carbonyl (C=O) groups excluding carboxylic acids is 1. The Labute approximate surface area is 162 Å². The Morgan fingerprint density at radius 1 is 1.00 bits per heavy atom. The maximum absolute atomic E-state index is 11.8. The third-order valence-corrected chi connectivity index (χ3v) is 4.82. The zero-order valence-electron chi connectivity index (χ0n) is 16.8. The fourth-order valence-electron chi connectivity index (χ4n) is 3.47. The Bertz CT molecular complexity index is 413. The van der Waals surface area contributed by atoms with Crippen molar-refractivity contribution in [3.8, 4) is 0 Å². The minimum absolute atomic E-state index is 0.161. The number of carboxylic acid groups (broad SMARTS) is 1. The molecule has 1 saturated carbocycles. The first-order valence-corrected chi connectivity index (χ1v) is 10.4. The number of rotatable bonds is 13. The summed E-state index contributed by atoms with van der Waals surface area (Å²) in [4.78, 5) is 22.4. The van der Waals surface area contributed by atoms with Crippen LogP contribution in [0, 0.1) is 5.92 Å². The average molecular weight is 389 g/mol. The van der Waals surface area contributed by atoms with Gasteiger partial charge in [-0.05, 0) is 38.0 Å². The summed E-state index contributed by atoms with van der Waals surface area (Å²) in [5.74, 6) is 0.571. The summed E-state index contributed by atoms with van der Waals surface area (Å²) in [7, 11) is 0. The number of carbonyl (C=O) groups is 2. The first kappa shape index (κ1) is 23.5. The normalized spacial score (nSPS) is 20.7. The first-order chi connectivity index (χ1) is 13.0. The highest BCUT2D eigenvalue weighted by molar-refractivity contribution is 5.60. The van der Waals surface area contributed by atoms with Gasteiger partial charge >= 0.3 is 12.3 Å². The van der Waals surface area contributed by atoms with Crippen LogP contribution in [-0.4, -0.2) is 49.4 Å². The van der Waals surface area contributed by atoms with Gasteiger partial charge in [-0.1, -0.05) is 39.5 Å². The van der Waals surface area contributed by atoms with Crippen molar-refractivity contribution in [2.75, 3.05) is 19.8 Å². The highest BCUT2D eigenvalue weighted by Crippen LogP contribution is 2.24. The minimum Gasteiger partial charge on any atom is -0.450 e. The second-order valence-electron chi connectivity index (χ2n) is 7.24. The molecule has 0 heterocycles. The molecule has 0 aromatic carbocycles. The molecule has 1 aliphatic carbocycles. The lowest BCUT2D eigenvalue weighted by molar-refractivity contribution is -0.0342. The van der Waals surface area contributed by atoms with Crippen LogP contribution in [0.5, 0.6) is 0 Å². The van der Waals surface area contributed by atoms with E-state index in [0.717, 1.165) is 19.3 Å². The molecule has 0 aromatic heterocycles. The zero-order valence-corrected chi connectivity index (χ0v) is 16.8. The van der Waals surface area contributed by atoms with E-state index in [1.165, 1.54) is 25.7 Å². The van der Waals surface area contributed by atoms with E-state index in [1.807, 2.05) is 0 Å². The molecule has 0 spiro atoms. The number of hydrogen-bond donors (Lipinski definition) is 1. The largest absolute Gasteiger partial charge is 0.508 e. The third-order valence-electron chi connectivity index (χ3n) is 4.82. The summed E-state index contributed by atoms with van der Waals surface area (Å²) in [6.45, 7) is 5.61. The molecule has 0 amide bonds. The van der Waals surface area contributed by atoms with Gasteiger partial charge in [0.25, 0.3) is 0 Å². The van der Waals surface area contributed by atoms with Gasteiger partial charge in [0.2, 0.25) is 0 Å². The topological polar surface area (TPSA) is 91.3 Å². The van der Waals surface area contributed by atoms with E-state index >= 15 is 0 Å². The lowest BCUT2D eigenvalue weighted by atomic mass is 9.95. The molecule has 27 heavy (non-hydrogen) atoms. The number of unbranched alkanes of at least 4 members (excludes halogenated alkanes) is 2. The van der Waals surface area contributed by atoms with Gasteiger partial charge in [-0.25, -0.2) is 9.59 Å². The second-order valence-corrected chi connectivity index (χ2v) is 7.24. The van der Waals surface area contributed by atoms with Crippen LogP contribution in [0.25, 0.3) is 0 Å². The predicted octanol–water partition coefficient (Wildman–Crippen LogP) is 5.16. The van der Waals surface area contributed by atoms with Crippen molar-refractivity contribution in [3.05, 3.63) is 0 Å². The van der Waals surface area contributed by atoms with Gasteiger partial charge in [-0.2, -0.15) is 0 Å². The van der Waals surface area contributed by atoms with E-state index in [2.05, 4.69) is 13.8 Å². The predicted molar refractivity (Wildman–Crippen MR) is 101 cm³/mol. The smallest absolute Gasteiger partial charge is 0.450 e. The van der Waals surface area contributed by atoms with Crippen molar-refractivity contribution < 1.29 is 33.6 Å². The Kier molecular flexibility index (Phi) is 12.7. The van der Waals surface area contributed by atoms with Gasteiger partial charge in [-0.3, -0.25) is 0 Å².